The predicted octanol–water partition coefficient (Wildman–Crippen LogP) is 5.04. The zero-order valence-electron chi connectivity index (χ0n) is 19.5. The first-order valence-corrected chi connectivity index (χ1v) is 10.8. The second kappa shape index (κ2) is 9.70. The minimum absolute atomic E-state index is 0.301. The van der Waals surface area contributed by atoms with Crippen molar-refractivity contribution in [3.05, 3.63) is 94.6 Å². The second-order valence-corrected chi connectivity index (χ2v) is 7.96. The maximum atomic E-state index is 12.8. The third-order valence-corrected chi connectivity index (χ3v) is 5.78. The molecule has 1 aliphatic heterocycles. The molecule has 7 nitrogen and oxygen atoms in total. The Morgan fingerprint density at radius 1 is 0.824 bits per heavy atom. The number of carbonyl (C=O) groups is 2. The maximum Gasteiger partial charge on any atom is 0.338 e. The van der Waals surface area contributed by atoms with Gasteiger partial charge in [-0.2, -0.15) is 0 Å². The largest absolute Gasteiger partial charge is 0.497 e. The van der Waals surface area contributed by atoms with E-state index in [0.717, 1.165) is 11.3 Å². The van der Waals surface area contributed by atoms with Crippen molar-refractivity contribution in [2.75, 3.05) is 14.2 Å². The van der Waals surface area contributed by atoms with Gasteiger partial charge in [0.2, 0.25) is 0 Å². The molecule has 1 unspecified atom stereocenters. The molecule has 1 heterocycles. The van der Waals surface area contributed by atoms with Crippen LogP contribution in [0, 0.1) is 13.8 Å². The number of amides is 2. The van der Waals surface area contributed by atoms with Gasteiger partial charge in [-0.1, -0.05) is 18.2 Å². The fourth-order valence-corrected chi connectivity index (χ4v) is 3.77. The van der Waals surface area contributed by atoms with E-state index in [0.29, 0.717) is 33.9 Å². The Labute approximate surface area is 198 Å². The van der Waals surface area contributed by atoms with Crippen molar-refractivity contribution in [3.8, 4) is 17.2 Å². The van der Waals surface area contributed by atoms with Crippen molar-refractivity contribution in [1.29, 1.82) is 0 Å². The number of nitrogens with one attached hydrogen (secondary N) is 2. The molecular weight excluding hydrogens is 432 g/mol. The highest BCUT2D eigenvalue weighted by atomic mass is 16.5. The third kappa shape index (κ3) is 4.73. The van der Waals surface area contributed by atoms with Gasteiger partial charge in [-0.25, -0.2) is 9.59 Å². The van der Waals surface area contributed by atoms with E-state index in [9.17, 15) is 9.59 Å². The summed E-state index contributed by atoms with van der Waals surface area (Å²) in [5.41, 5.74) is 4.41. The Kier molecular flexibility index (Phi) is 6.54. The van der Waals surface area contributed by atoms with Crippen molar-refractivity contribution in [3.63, 3.8) is 0 Å². The average molecular weight is 459 g/mol. The van der Waals surface area contributed by atoms with Crippen LogP contribution in [0.4, 0.5) is 4.79 Å². The molecule has 3 aromatic rings. The Morgan fingerprint density at radius 2 is 1.47 bits per heavy atom. The van der Waals surface area contributed by atoms with Crippen molar-refractivity contribution >= 4 is 17.7 Å². The van der Waals surface area contributed by atoms with Crippen LogP contribution >= 0.6 is 0 Å². The SMILES string of the molecule is COC(=O)C1=C(c2ccc(OC)cc2)NC(=O)NC1c1ccc(Oc2ccc(C)c(C)c2)cc1. The molecular formula is C27H26N2O5. The second-order valence-electron chi connectivity index (χ2n) is 7.96. The summed E-state index contributed by atoms with van der Waals surface area (Å²) in [4.78, 5) is 25.3. The number of hydrogen-bond acceptors (Lipinski definition) is 5. The summed E-state index contributed by atoms with van der Waals surface area (Å²) in [5.74, 6) is 1.51. The van der Waals surface area contributed by atoms with Crippen LogP contribution in [0.1, 0.15) is 28.3 Å². The molecule has 0 saturated carbocycles. The Morgan fingerprint density at radius 3 is 2.09 bits per heavy atom. The van der Waals surface area contributed by atoms with E-state index in [1.54, 1.807) is 43.5 Å². The van der Waals surface area contributed by atoms with Gasteiger partial charge in [-0.05, 0) is 84.6 Å². The third-order valence-electron chi connectivity index (χ3n) is 5.78. The Hall–Kier alpha value is -4.26. The molecule has 0 fully saturated rings. The number of methoxy groups -OCH3 is 2. The molecule has 0 radical (unpaired) electrons. The fraction of sp³-hybridized carbons (Fsp3) is 0.185. The molecule has 0 saturated heterocycles. The summed E-state index contributed by atoms with van der Waals surface area (Å²) in [7, 11) is 2.89. The van der Waals surface area contributed by atoms with Crippen molar-refractivity contribution in [2.24, 2.45) is 0 Å². The van der Waals surface area contributed by atoms with Crippen LogP contribution in [0.3, 0.4) is 0 Å². The number of hydrogen-bond donors (Lipinski definition) is 2. The highest BCUT2D eigenvalue weighted by Crippen LogP contribution is 2.34. The lowest BCUT2D eigenvalue weighted by Crippen LogP contribution is -2.45. The van der Waals surface area contributed by atoms with Crippen LogP contribution in [0.15, 0.2) is 72.3 Å². The first-order chi connectivity index (χ1) is 16.4. The first-order valence-electron chi connectivity index (χ1n) is 10.8. The van der Waals surface area contributed by atoms with Gasteiger partial charge in [0, 0.05) is 0 Å². The minimum atomic E-state index is -0.700. The lowest BCUT2D eigenvalue weighted by Gasteiger charge is -2.29. The van der Waals surface area contributed by atoms with Crippen molar-refractivity contribution in [2.45, 2.75) is 19.9 Å². The molecule has 0 spiro atoms. The Balaban J connectivity index is 1.68. The van der Waals surface area contributed by atoms with E-state index in [1.807, 2.05) is 44.2 Å². The zero-order chi connectivity index (χ0) is 24.2. The molecule has 2 amide bonds. The number of benzene rings is 3. The van der Waals surface area contributed by atoms with Crippen molar-refractivity contribution in [1.82, 2.24) is 10.6 Å². The number of esters is 1. The number of carbonyl (C=O) groups excluding carboxylic acids is 2. The summed E-state index contributed by atoms with van der Waals surface area (Å²) < 4.78 is 16.2. The Bertz CT molecular complexity index is 1250. The van der Waals surface area contributed by atoms with Gasteiger partial charge >= 0.3 is 12.0 Å². The lowest BCUT2D eigenvalue weighted by molar-refractivity contribution is -0.136. The number of urea groups is 1. The quantitative estimate of drug-likeness (QED) is 0.506. The average Bonchev–Trinajstić information content (AvgIpc) is 2.86. The minimum Gasteiger partial charge on any atom is -0.497 e. The summed E-state index contributed by atoms with van der Waals surface area (Å²) in [5, 5.41) is 5.58. The normalized spacial score (nSPS) is 15.3. The van der Waals surface area contributed by atoms with Crippen LogP contribution in [-0.2, 0) is 9.53 Å². The van der Waals surface area contributed by atoms with Gasteiger partial charge in [-0.3, -0.25) is 0 Å². The fourth-order valence-electron chi connectivity index (χ4n) is 3.77. The van der Waals surface area contributed by atoms with Crippen LogP contribution < -0.4 is 20.1 Å². The molecule has 34 heavy (non-hydrogen) atoms. The monoisotopic (exact) mass is 458 g/mol. The molecule has 7 heteroatoms. The van der Waals surface area contributed by atoms with Crippen molar-refractivity contribution < 1.29 is 23.8 Å². The van der Waals surface area contributed by atoms with Crippen LogP contribution in [0.2, 0.25) is 0 Å². The molecule has 2 N–H and O–H groups in total. The number of aryl methyl sites for hydroxylation is 2. The van der Waals surface area contributed by atoms with Gasteiger partial charge in [0.1, 0.15) is 17.2 Å². The maximum absolute atomic E-state index is 12.8. The lowest BCUT2D eigenvalue weighted by atomic mass is 9.92. The number of rotatable bonds is 6. The molecule has 1 aliphatic rings. The first kappa shape index (κ1) is 22.9. The topological polar surface area (TPSA) is 85.9 Å². The van der Waals surface area contributed by atoms with Crippen LogP contribution in [0.5, 0.6) is 17.2 Å². The van der Waals surface area contributed by atoms with Gasteiger partial charge in [0.15, 0.2) is 0 Å². The predicted molar refractivity (Wildman–Crippen MR) is 129 cm³/mol. The zero-order valence-corrected chi connectivity index (χ0v) is 19.5. The standard InChI is InChI=1S/C27H26N2O5/c1-16-5-10-22(15-17(16)2)34-21-13-8-19(9-14-21)25-23(26(30)33-4)24(28-27(31)29-25)18-6-11-20(32-3)12-7-18/h5-15,25H,1-4H3,(H2,28,29,31). The van der Waals surface area contributed by atoms with E-state index < -0.39 is 18.0 Å². The highest BCUT2D eigenvalue weighted by Gasteiger charge is 2.34. The molecule has 0 aliphatic carbocycles. The van der Waals surface area contributed by atoms with Gasteiger partial charge in [0.25, 0.3) is 0 Å². The number of ether oxygens (including phenoxy) is 3. The molecule has 4 rings (SSSR count). The van der Waals surface area contributed by atoms with E-state index in [-0.39, 0.29) is 0 Å². The summed E-state index contributed by atoms with van der Waals surface area (Å²) in [6, 6.07) is 19.1. The highest BCUT2D eigenvalue weighted by molar-refractivity contribution is 6.04. The van der Waals surface area contributed by atoms with E-state index in [1.165, 1.54) is 12.7 Å². The van der Waals surface area contributed by atoms with E-state index in [2.05, 4.69) is 10.6 Å². The van der Waals surface area contributed by atoms with Crippen LogP contribution in [-0.4, -0.2) is 26.2 Å². The molecule has 174 valence electrons. The molecule has 0 bridgehead atoms. The van der Waals surface area contributed by atoms with E-state index in [4.69, 9.17) is 14.2 Å². The molecule has 0 aromatic heterocycles. The molecule has 3 aromatic carbocycles. The van der Waals surface area contributed by atoms with E-state index >= 15 is 0 Å². The molecule has 1 atom stereocenters. The van der Waals surface area contributed by atoms with Gasteiger partial charge in [-0.15, -0.1) is 0 Å². The summed E-state index contributed by atoms with van der Waals surface area (Å²) in [6.45, 7) is 4.08. The smallest absolute Gasteiger partial charge is 0.338 e. The van der Waals surface area contributed by atoms with Gasteiger partial charge < -0.3 is 24.8 Å². The summed E-state index contributed by atoms with van der Waals surface area (Å²) >= 11 is 0. The van der Waals surface area contributed by atoms with Gasteiger partial charge in [0.05, 0.1) is 31.5 Å². The van der Waals surface area contributed by atoms with Crippen LogP contribution in [0.25, 0.3) is 5.70 Å². The summed E-state index contributed by atoms with van der Waals surface area (Å²) in [6.07, 6.45) is 0.